The molecule has 0 aliphatic carbocycles. The first kappa shape index (κ1) is 16.6. The number of rotatable bonds is 2. The molecule has 2 heterocycles. The van der Waals surface area contributed by atoms with Crippen LogP contribution in [0.3, 0.4) is 0 Å². The molecular weight excluding hydrogens is 339 g/mol. The van der Waals surface area contributed by atoms with Gasteiger partial charge in [0.05, 0.1) is 31.6 Å². The Morgan fingerprint density at radius 1 is 1.26 bits per heavy atom. The van der Waals surface area contributed by atoms with Crippen molar-refractivity contribution in [3.63, 3.8) is 0 Å². The summed E-state index contributed by atoms with van der Waals surface area (Å²) in [4.78, 5) is 28.5. The van der Waals surface area contributed by atoms with E-state index in [-0.39, 0.29) is 30.2 Å². The number of halogens is 2. The predicted octanol–water partition coefficient (Wildman–Crippen LogP) is 1.85. The van der Waals surface area contributed by atoms with Gasteiger partial charge < -0.3 is 14.5 Å². The smallest absolute Gasteiger partial charge is 0.229 e. The molecule has 0 spiro atoms. The largest absolute Gasteiger partial charge is 0.378 e. The molecule has 1 aromatic carbocycles. The lowest BCUT2D eigenvalue weighted by Crippen LogP contribution is -2.45. The number of nitrogens with zero attached hydrogens (tertiary/aromatic N) is 2. The number of likely N-dealkylation sites (N-methyl/N-ethyl adjacent to an activating group) is 1. The van der Waals surface area contributed by atoms with Gasteiger partial charge in [0, 0.05) is 30.2 Å². The van der Waals surface area contributed by atoms with E-state index in [9.17, 15) is 9.59 Å². The van der Waals surface area contributed by atoms with Crippen LogP contribution < -0.4 is 0 Å². The van der Waals surface area contributed by atoms with Crippen LogP contribution in [0.1, 0.15) is 5.56 Å². The molecule has 0 aromatic heterocycles. The van der Waals surface area contributed by atoms with Gasteiger partial charge in [-0.1, -0.05) is 29.3 Å². The number of amides is 2. The average molecular weight is 357 g/mol. The Morgan fingerprint density at radius 3 is 2.65 bits per heavy atom. The number of hydrogen-bond donors (Lipinski definition) is 0. The molecule has 1 aromatic rings. The van der Waals surface area contributed by atoms with Crippen LogP contribution in [0.4, 0.5) is 0 Å². The SMILES string of the molecule is CN1C(=O)[C@H]2COC[C@@H]1CN(C(=O)Cc1c(Cl)cccc1Cl)C2. The van der Waals surface area contributed by atoms with Gasteiger partial charge in [-0.2, -0.15) is 0 Å². The molecule has 2 aliphatic rings. The van der Waals surface area contributed by atoms with Crippen molar-refractivity contribution in [3.8, 4) is 0 Å². The lowest BCUT2D eigenvalue weighted by atomic mass is 10.1. The summed E-state index contributed by atoms with van der Waals surface area (Å²) < 4.78 is 5.54. The molecule has 0 radical (unpaired) electrons. The molecule has 2 bridgehead atoms. The van der Waals surface area contributed by atoms with Crippen LogP contribution in [0, 0.1) is 5.92 Å². The number of carbonyl (C=O) groups is 2. The number of hydrogen-bond acceptors (Lipinski definition) is 3. The third-order valence-corrected chi connectivity index (χ3v) is 5.20. The highest BCUT2D eigenvalue weighted by atomic mass is 35.5. The van der Waals surface area contributed by atoms with Crippen molar-refractivity contribution in [1.29, 1.82) is 0 Å². The summed E-state index contributed by atoms with van der Waals surface area (Å²) in [5.74, 6) is -0.336. The molecule has 2 fully saturated rings. The molecule has 3 rings (SSSR count). The molecule has 5 nitrogen and oxygen atoms in total. The fraction of sp³-hybridized carbons (Fsp3) is 0.500. The van der Waals surface area contributed by atoms with E-state index in [1.54, 1.807) is 35.0 Å². The van der Waals surface area contributed by atoms with Crippen molar-refractivity contribution in [2.45, 2.75) is 12.5 Å². The molecule has 124 valence electrons. The molecule has 2 saturated heterocycles. The van der Waals surface area contributed by atoms with Crippen molar-refractivity contribution < 1.29 is 14.3 Å². The Bertz CT molecular complexity index is 618. The lowest BCUT2D eigenvalue weighted by molar-refractivity contribution is -0.134. The van der Waals surface area contributed by atoms with Crippen molar-refractivity contribution in [3.05, 3.63) is 33.8 Å². The van der Waals surface area contributed by atoms with Gasteiger partial charge in [0.1, 0.15) is 0 Å². The van der Waals surface area contributed by atoms with Crippen LogP contribution in [-0.4, -0.2) is 61.0 Å². The van der Waals surface area contributed by atoms with Gasteiger partial charge in [-0.3, -0.25) is 9.59 Å². The highest BCUT2D eigenvalue weighted by Gasteiger charge is 2.38. The van der Waals surface area contributed by atoms with E-state index in [1.165, 1.54) is 0 Å². The molecule has 0 N–H and O–H groups in total. The first-order valence-electron chi connectivity index (χ1n) is 7.52. The summed E-state index contributed by atoms with van der Waals surface area (Å²) >= 11 is 12.3. The van der Waals surface area contributed by atoms with E-state index in [4.69, 9.17) is 27.9 Å². The molecule has 2 atom stereocenters. The number of ether oxygens (including phenoxy) is 1. The van der Waals surface area contributed by atoms with Crippen LogP contribution in [0.25, 0.3) is 0 Å². The molecule has 2 aliphatic heterocycles. The second-order valence-corrected chi connectivity index (χ2v) is 6.83. The number of fused-ring (bicyclic) bond motifs is 3. The lowest BCUT2D eigenvalue weighted by Gasteiger charge is -2.29. The maximum absolute atomic E-state index is 12.7. The minimum absolute atomic E-state index is 0.0403. The van der Waals surface area contributed by atoms with Gasteiger partial charge in [-0.15, -0.1) is 0 Å². The summed E-state index contributed by atoms with van der Waals surface area (Å²) in [5.41, 5.74) is 0.631. The summed E-state index contributed by atoms with van der Waals surface area (Å²) in [6.07, 6.45) is 0.136. The van der Waals surface area contributed by atoms with E-state index in [2.05, 4.69) is 0 Å². The van der Waals surface area contributed by atoms with Crippen LogP contribution in [0.2, 0.25) is 10.0 Å². The minimum Gasteiger partial charge on any atom is -0.378 e. The van der Waals surface area contributed by atoms with Gasteiger partial charge in [-0.05, 0) is 17.7 Å². The van der Waals surface area contributed by atoms with E-state index in [0.717, 1.165) is 0 Å². The van der Waals surface area contributed by atoms with E-state index < -0.39 is 0 Å². The highest BCUT2D eigenvalue weighted by molar-refractivity contribution is 6.36. The van der Waals surface area contributed by atoms with E-state index >= 15 is 0 Å². The zero-order valence-corrected chi connectivity index (χ0v) is 14.3. The van der Waals surface area contributed by atoms with Gasteiger partial charge in [0.15, 0.2) is 0 Å². The monoisotopic (exact) mass is 356 g/mol. The van der Waals surface area contributed by atoms with Gasteiger partial charge in [0.25, 0.3) is 0 Å². The van der Waals surface area contributed by atoms with Crippen molar-refractivity contribution in [1.82, 2.24) is 9.80 Å². The van der Waals surface area contributed by atoms with Gasteiger partial charge in [-0.25, -0.2) is 0 Å². The zero-order chi connectivity index (χ0) is 16.6. The third kappa shape index (κ3) is 3.32. The van der Waals surface area contributed by atoms with Crippen LogP contribution >= 0.6 is 23.2 Å². The Kier molecular flexibility index (Phi) is 4.80. The van der Waals surface area contributed by atoms with Crippen LogP contribution in [0.5, 0.6) is 0 Å². The molecule has 7 heteroatoms. The van der Waals surface area contributed by atoms with Crippen LogP contribution in [0.15, 0.2) is 18.2 Å². The summed E-state index contributed by atoms with van der Waals surface area (Å²) in [6, 6.07) is 5.08. The number of carbonyl (C=O) groups excluding carboxylic acids is 2. The first-order chi connectivity index (χ1) is 11.0. The number of benzene rings is 1. The Balaban J connectivity index is 1.79. The fourth-order valence-corrected chi connectivity index (χ4v) is 3.60. The van der Waals surface area contributed by atoms with Gasteiger partial charge in [0.2, 0.25) is 11.8 Å². The quantitative estimate of drug-likeness (QED) is 0.812. The molecule has 23 heavy (non-hydrogen) atoms. The highest BCUT2D eigenvalue weighted by Crippen LogP contribution is 2.26. The second-order valence-electron chi connectivity index (χ2n) is 6.01. The van der Waals surface area contributed by atoms with E-state index in [1.807, 2.05) is 0 Å². The minimum atomic E-state index is -0.307. The molecular formula is C16H18Cl2N2O3. The first-order valence-corrected chi connectivity index (χ1v) is 8.28. The Hall–Kier alpha value is -1.30. The molecule has 2 amide bonds. The topological polar surface area (TPSA) is 49.9 Å². The maximum atomic E-state index is 12.7. The molecule has 0 unspecified atom stereocenters. The Labute approximate surface area is 145 Å². The second kappa shape index (κ2) is 6.67. The predicted molar refractivity (Wildman–Crippen MR) is 87.6 cm³/mol. The summed E-state index contributed by atoms with van der Waals surface area (Å²) in [7, 11) is 1.77. The Morgan fingerprint density at radius 2 is 1.96 bits per heavy atom. The van der Waals surface area contributed by atoms with Gasteiger partial charge >= 0.3 is 0 Å². The fourth-order valence-electron chi connectivity index (χ4n) is 3.07. The summed E-state index contributed by atoms with van der Waals surface area (Å²) in [6.45, 7) is 1.66. The third-order valence-electron chi connectivity index (χ3n) is 4.49. The van der Waals surface area contributed by atoms with Crippen molar-refractivity contribution >= 4 is 35.0 Å². The van der Waals surface area contributed by atoms with Crippen molar-refractivity contribution in [2.24, 2.45) is 5.92 Å². The normalized spacial score (nSPS) is 24.6. The van der Waals surface area contributed by atoms with E-state index in [0.29, 0.717) is 41.9 Å². The van der Waals surface area contributed by atoms with Crippen molar-refractivity contribution in [2.75, 3.05) is 33.4 Å². The molecule has 0 saturated carbocycles. The maximum Gasteiger partial charge on any atom is 0.229 e. The standard InChI is InChI=1S/C16H18Cl2N2O3/c1-19-11-7-20(6-10(16(19)22)8-23-9-11)15(21)5-12-13(17)3-2-4-14(12)18/h2-4,10-11H,5-9H2,1H3/t10-,11+/m1/s1. The van der Waals surface area contributed by atoms with Crippen LogP contribution in [-0.2, 0) is 20.7 Å². The zero-order valence-electron chi connectivity index (χ0n) is 12.8. The average Bonchev–Trinajstić information content (AvgIpc) is 2.69. The summed E-state index contributed by atoms with van der Waals surface area (Å²) in [5, 5.41) is 0.967.